The molecule has 0 amide bonds. The second-order valence-corrected chi connectivity index (χ2v) is 12.2. The van der Waals surface area contributed by atoms with Crippen LogP contribution in [0.15, 0.2) is 4.79 Å². The van der Waals surface area contributed by atoms with Gasteiger partial charge in [-0.3, -0.25) is 13.9 Å². The molecule has 2 aromatic heterocycles. The zero-order chi connectivity index (χ0) is 23.7. The van der Waals surface area contributed by atoms with Crippen LogP contribution < -0.4 is 20.4 Å². The fraction of sp³-hybridized carbons (Fsp3) is 0.500. The van der Waals surface area contributed by atoms with Gasteiger partial charge >= 0.3 is 40.8 Å². The minimum atomic E-state index is -4.59. The molecule has 0 aliphatic carbocycles. The highest BCUT2D eigenvalue weighted by Gasteiger charge is 3.02. The lowest BCUT2D eigenvalue weighted by Gasteiger charge is -2.38. The Morgan fingerprint density at radius 3 is 2.50 bits per heavy atom. The van der Waals surface area contributed by atoms with Crippen molar-refractivity contribution in [3.05, 3.63) is 10.4 Å². The number of hydrogen-bond donors (Lipinski definition) is 3. The number of ether oxygens (including phenoxy) is 1. The van der Waals surface area contributed by atoms with E-state index < -0.39 is 76.4 Å². The van der Waals surface area contributed by atoms with Crippen molar-refractivity contribution < 1.29 is 63.8 Å². The van der Waals surface area contributed by atoms with E-state index in [0.717, 1.165) is 4.57 Å². The molecule has 0 saturated carbocycles. The Morgan fingerprint density at radius 1 is 1.09 bits per heavy atom. The van der Waals surface area contributed by atoms with Crippen molar-refractivity contribution in [2.75, 3.05) is 5.73 Å². The highest BCUT2D eigenvalue weighted by Crippen LogP contribution is 2.92. The van der Waals surface area contributed by atoms with Crippen molar-refractivity contribution in [1.82, 2.24) is 19.3 Å². The summed E-state index contributed by atoms with van der Waals surface area (Å²) < 4.78 is 91.7. The molecule has 182 valence electrons. The molecule has 34 heavy (non-hydrogen) atoms. The second-order valence-electron chi connectivity index (χ2n) is 7.44. The Balaban J connectivity index is 1.43. The van der Waals surface area contributed by atoms with Gasteiger partial charge in [0.1, 0.15) is 0 Å². The van der Waals surface area contributed by atoms with E-state index in [9.17, 15) is 23.6 Å². The molecular weight excluding hydrogens is 555 g/mol. The van der Waals surface area contributed by atoms with Crippen molar-refractivity contribution in [2.24, 2.45) is 0 Å². The molecule has 6 saturated heterocycles. The average Bonchev–Trinajstić information content (AvgIpc) is 3.42. The predicted octanol–water partition coefficient (Wildman–Crippen LogP) is -0.728. The van der Waals surface area contributed by atoms with Crippen LogP contribution in [0.1, 0.15) is 6.23 Å². The number of phosphoric acid groups is 3. The summed E-state index contributed by atoms with van der Waals surface area (Å²) in [7, 11) is -13.4. The summed E-state index contributed by atoms with van der Waals surface area (Å²) in [5.41, 5.74) is 3.98. The van der Waals surface area contributed by atoms with Crippen LogP contribution in [-0.4, -0.2) is 48.0 Å². The molecule has 3 N–H and O–H groups in total. The standard InChI is InChI=1S/C10H6N5O15P3S/c11-6-13-2(16)1-3-14(7(12-1)23-32(19,30-34)29-15(3)6)4-8-10(28-33(20,24-8)25-8)9(21-4)5(17)22-31(18,26-9)27-10/h4-5,17,34H,(H2,11,13,16)/t4-,5?,8?,9+,10?,31?,32?,33?/m1/s1. The van der Waals surface area contributed by atoms with Crippen LogP contribution in [-0.2, 0) is 49.5 Å². The van der Waals surface area contributed by atoms with Gasteiger partial charge in [-0.15, -0.1) is 4.73 Å². The monoisotopic (exact) mass is 561 g/mol. The van der Waals surface area contributed by atoms with Gasteiger partial charge in [-0.25, -0.2) is 40.9 Å². The average molecular weight is 561 g/mol. The normalized spacial score (nSPS) is 51.1. The number of nitrogen functional groups attached to an aromatic ring is 1. The van der Waals surface area contributed by atoms with Gasteiger partial charge in [-0.05, 0) is 12.9 Å². The molecule has 0 aromatic carbocycles. The highest BCUT2D eigenvalue weighted by molar-refractivity contribution is 7.80. The third-order valence-corrected chi connectivity index (χ3v) is 10.1. The van der Waals surface area contributed by atoms with Crippen molar-refractivity contribution >= 4 is 53.5 Å². The van der Waals surface area contributed by atoms with E-state index in [2.05, 4.69) is 26.8 Å². The minimum Gasteiger partial charge on any atom is -0.367 e. The molecule has 6 fully saturated rings. The number of fused-ring (bicyclic) bond motifs is 2. The first-order valence-electron chi connectivity index (χ1n) is 8.83. The minimum absolute atomic E-state index is 0.390. The van der Waals surface area contributed by atoms with Crippen LogP contribution in [0, 0.1) is 0 Å². The number of nitrogens with zero attached hydrogens (tertiary/aromatic N) is 4. The molecule has 20 nitrogen and oxygen atoms in total. The Kier molecular flexibility index (Phi) is 3.27. The SMILES string of the molecule is Nc1nc(=O)c2nc3n([C@@H]4O[C@]56OP(=O)(OC5O)OC65OP6(=O)OC45O6)c2n1OP(=O)(OS)O3. The van der Waals surface area contributed by atoms with E-state index in [0.29, 0.717) is 4.73 Å². The molecule has 24 heteroatoms. The van der Waals surface area contributed by atoms with Crippen LogP contribution in [0.4, 0.5) is 5.95 Å². The van der Waals surface area contributed by atoms with E-state index in [-0.39, 0.29) is 5.65 Å². The molecule has 9 heterocycles. The first kappa shape index (κ1) is 20.6. The summed E-state index contributed by atoms with van der Waals surface area (Å²) in [6.45, 7) is 0. The zero-order valence-electron chi connectivity index (χ0n) is 15.5. The summed E-state index contributed by atoms with van der Waals surface area (Å²) in [6, 6.07) is -0.675. The molecule has 3 spiro atoms. The van der Waals surface area contributed by atoms with Crippen LogP contribution in [0.2, 0.25) is 0 Å². The van der Waals surface area contributed by atoms with Crippen molar-refractivity contribution in [3.8, 4) is 6.01 Å². The number of anilines is 1. The van der Waals surface area contributed by atoms with E-state index in [4.69, 9.17) is 46.8 Å². The molecule has 4 unspecified atom stereocenters. The quantitative estimate of drug-likeness (QED) is 0.232. The summed E-state index contributed by atoms with van der Waals surface area (Å²) in [5, 5.41) is 10.5. The maximum atomic E-state index is 12.9. The zero-order valence-corrected chi connectivity index (χ0v) is 19.1. The lowest BCUT2D eigenvalue weighted by atomic mass is 9.98. The number of nitrogens with two attached hydrogens (primary N) is 1. The highest BCUT2D eigenvalue weighted by atomic mass is 32.1. The fourth-order valence-corrected chi connectivity index (χ4v) is 9.06. The Morgan fingerprint density at radius 2 is 1.79 bits per heavy atom. The number of imidazole rings is 1. The van der Waals surface area contributed by atoms with Gasteiger partial charge in [0.25, 0.3) is 11.6 Å². The topological polar surface area (TPSA) is 242 Å². The molecule has 0 radical (unpaired) electrons. The number of phosphoric ester groups is 2. The molecule has 2 aromatic rings. The third-order valence-electron chi connectivity index (χ3n) is 5.69. The van der Waals surface area contributed by atoms with Crippen LogP contribution >= 0.6 is 36.4 Å². The first-order chi connectivity index (χ1) is 15.9. The molecule has 7 aliphatic heterocycles. The summed E-state index contributed by atoms with van der Waals surface area (Å²) >= 11 is 3.47. The van der Waals surface area contributed by atoms with Crippen molar-refractivity contribution in [3.63, 3.8) is 0 Å². The Labute approximate surface area is 189 Å². The number of hydrogen-bond acceptors (Lipinski definition) is 19. The van der Waals surface area contributed by atoms with Gasteiger partial charge < -0.3 is 20.1 Å². The maximum Gasteiger partial charge on any atom is 0.620 e. The summed E-state index contributed by atoms with van der Waals surface area (Å²) in [4.78, 5) is 19.9. The molecule has 6 atom stereocenters. The third kappa shape index (κ3) is 1.91. The van der Waals surface area contributed by atoms with E-state index in [1.807, 2.05) is 0 Å². The number of aliphatic hydroxyl groups excluding tert-OH is 1. The summed E-state index contributed by atoms with van der Waals surface area (Å²) in [5.74, 6) is -8.13. The number of aromatic nitrogens is 4. The second kappa shape index (κ2) is 5.40. The number of thiol groups is 1. The lowest BCUT2D eigenvalue weighted by Crippen LogP contribution is -2.64. The molecule has 9 rings (SSSR count). The van der Waals surface area contributed by atoms with Crippen LogP contribution in [0.5, 0.6) is 6.01 Å². The smallest absolute Gasteiger partial charge is 0.367 e. The van der Waals surface area contributed by atoms with Gasteiger partial charge in [0.05, 0.1) is 0 Å². The van der Waals surface area contributed by atoms with Crippen molar-refractivity contribution in [1.29, 1.82) is 0 Å². The lowest BCUT2D eigenvalue weighted by molar-refractivity contribution is -0.337. The maximum absolute atomic E-state index is 12.9. The number of aliphatic hydroxyl groups is 1. The van der Waals surface area contributed by atoms with E-state index >= 15 is 0 Å². The van der Waals surface area contributed by atoms with Gasteiger partial charge in [0, 0.05) is 0 Å². The molecule has 6 bridgehead atoms. The van der Waals surface area contributed by atoms with Gasteiger partial charge in [-0.1, -0.05) is 0 Å². The van der Waals surface area contributed by atoms with Gasteiger partial charge in [0.2, 0.25) is 18.5 Å². The van der Waals surface area contributed by atoms with E-state index in [1.165, 1.54) is 0 Å². The largest absolute Gasteiger partial charge is 0.620 e. The fourth-order valence-electron chi connectivity index (χ4n) is 4.55. The van der Waals surface area contributed by atoms with Crippen LogP contribution in [0.3, 0.4) is 0 Å². The van der Waals surface area contributed by atoms with Crippen LogP contribution in [0.25, 0.3) is 11.2 Å². The molecular formula is C10H6N5O15P3S. The van der Waals surface area contributed by atoms with Gasteiger partial charge in [-0.2, -0.15) is 13.9 Å². The predicted molar refractivity (Wildman–Crippen MR) is 97.1 cm³/mol. The van der Waals surface area contributed by atoms with E-state index in [1.54, 1.807) is 0 Å². The molecule has 7 aliphatic rings. The number of rotatable bonds is 2. The Hall–Kier alpha value is -1.57. The summed E-state index contributed by atoms with van der Waals surface area (Å²) in [6.07, 6.45) is -3.95. The van der Waals surface area contributed by atoms with Crippen molar-refractivity contribution in [2.45, 2.75) is 29.9 Å². The Bertz CT molecular complexity index is 1580. The first-order valence-corrected chi connectivity index (χ1v) is 13.6. The van der Waals surface area contributed by atoms with Gasteiger partial charge in [0.15, 0.2) is 11.2 Å².